The van der Waals surface area contributed by atoms with Crippen molar-refractivity contribution in [3.05, 3.63) is 11.6 Å². The van der Waals surface area contributed by atoms with Gasteiger partial charge in [-0.15, -0.1) is 0 Å². The second-order valence-electron chi connectivity index (χ2n) is 10.1. The average molecular weight is 373 g/mol. The Morgan fingerprint density at radius 1 is 1.19 bits per heavy atom. The topological polar surface area (TPSA) is 58.2 Å². The average Bonchev–Trinajstić information content (AvgIpc) is 3.03. The molecule has 0 aromatic rings. The van der Waals surface area contributed by atoms with Crippen LogP contribution in [0.1, 0.15) is 78.6 Å². The van der Waals surface area contributed by atoms with Crippen molar-refractivity contribution in [2.45, 2.75) is 84.6 Å². The molecule has 0 saturated heterocycles. The molecule has 0 aromatic carbocycles. The fourth-order valence-corrected chi connectivity index (χ4v) is 7.07. The number of hydrogen-bond donors (Lipinski definition) is 2. The molecule has 4 rings (SSSR count). The second kappa shape index (κ2) is 6.93. The number of hydrogen-bond acceptors (Lipinski definition) is 2. The molecule has 3 aliphatic carbocycles. The first kappa shape index (κ1) is 19.0. The van der Waals surface area contributed by atoms with Crippen molar-refractivity contribution in [2.24, 2.45) is 28.6 Å². The van der Waals surface area contributed by atoms with Gasteiger partial charge in [0.05, 0.1) is 0 Å². The van der Waals surface area contributed by atoms with Crippen molar-refractivity contribution in [1.29, 1.82) is 0 Å². The van der Waals surface area contributed by atoms with E-state index in [9.17, 15) is 9.59 Å². The number of carbonyl (C=O) groups excluding carboxylic acids is 2. The predicted molar refractivity (Wildman–Crippen MR) is 107 cm³/mol. The van der Waals surface area contributed by atoms with Gasteiger partial charge in [0.15, 0.2) is 0 Å². The molecule has 0 spiro atoms. The molecule has 1 aliphatic heterocycles. The van der Waals surface area contributed by atoms with Gasteiger partial charge in [0, 0.05) is 18.0 Å². The molecule has 27 heavy (non-hydrogen) atoms. The van der Waals surface area contributed by atoms with Gasteiger partial charge in [0.25, 0.3) is 11.8 Å². The maximum Gasteiger partial charge on any atom is 0.256 e. The highest BCUT2D eigenvalue weighted by Gasteiger charge is 2.58. The molecule has 1 heterocycles. The Morgan fingerprint density at radius 2 is 2.00 bits per heavy atom. The minimum Gasteiger partial charge on any atom is -0.352 e. The normalized spacial score (nSPS) is 43.1. The van der Waals surface area contributed by atoms with E-state index in [1.165, 1.54) is 38.5 Å². The molecule has 0 radical (unpaired) electrons. The maximum absolute atomic E-state index is 12.7. The molecule has 3 saturated carbocycles. The van der Waals surface area contributed by atoms with Crippen LogP contribution in [-0.4, -0.2) is 24.4 Å². The molecule has 150 valence electrons. The molecule has 2 N–H and O–H groups in total. The van der Waals surface area contributed by atoms with Gasteiger partial charge in [-0.1, -0.05) is 39.7 Å². The predicted octanol–water partition coefficient (Wildman–Crippen LogP) is 3.96. The molecule has 2 amide bonds. The summed E-state index contributed by atoms with van der Waals surface area (Å²) >= 11 is 0. The van der Waals surface area contributed by atoms with Crippen LogP contribution in [0.4, 0.5) is 0 Å². The van der Waals surface area contributed by atoms with E-state index >= 15 is 0 Å². The molecule has 4 heteroatoms. The first-order chi connectivity index (χ1) is 12.9. The molecular weight excluding hydrogens is 336 g/mol. The summed E-state index contributed by atoms with van der Waals surface area (Å²) in [5, 5.41) is 6.16. The van der Waals surface area contributed by atoms with E-state index in [0.29, 0.717) is 23.5 Å². The quantitative estimate of drug-likeness (QED) is 0.580. The Hall–Kier alpha value is -1.32. The third kappa shape index (κ3) is 3.03. The van der Waals surface area contributed by atoms with Crippen LogP contribution in [0.25, 0.3) is 0 Å². The largest absolute Gasteiger partial charge is 0.352 e. The Morgan fingerprint density at radius 3 is 2.78 bits per heavy atom. The summed E-state index contributed by atoms with van der Waals surface area (Å²) in [7, 11) is 0. The fourth-order valence-electron chi connectivity index (χ4n) is 7.07. The van der Waals surface area contributed by atoms with E-state index in [-0.39, 0.29) is 23.3 Å². The van der Waals surface area contributed by atoms with Crippen molar-refractivity contribution < 1.29 is 9.59 Å². The first-order valence-electron chi connectivity index (χ1n) is 11.2. The maximum atomic E-state index is 12.7. The minimum atomic E-state index is -0.190. The molecule has 4 aliphatic rings. The van der Waals surface area contributed by atoms with E-state index in [2.05, 4.69) is 37.5 Å². The highest BCUT2D eigenvalue weighted by molar-refractivity contribution is 6.19. The highest BCUT2D eigenvalue weighted by Crippen LogP contribution is 2.63. The third-order valence-corrected chi connectivity index (χ3v) is 8.62. The van der Waals surface area contributed by atoms with Crippen LogP contribution < -0.4 is 10.6 Å². The van der Waals surface area contributed by atoms with Crippen LogP contribution in [0.2, 0.25) is 0 Å². The molecule has 4 nitrogen and oxygen atoms in total. The number of rotatable bonds is 4. The fraction of sp³-hybridized carbons (Fsp3) is 0.826. The highest BCUT2D eigenvalue weighted by atomic mass is 16.2. The van der Waals surface area contributed by atoms with E-state index in [1.807, 2.05) is 0 Å². The summed E-state index contributed by atoms with van der Waals surface area (Å²) in [5.41, 5.74) is 0.801. The summed E-state index contributed by atoms with van der Waals surface area (Å²) in [6, 6.07) is 0.184. The lowest BCUT2D eigenvalue weighted by atomic mass is 9.48. The summed E-state index contributed by atoms with van der Waals surface area (Å²) in [4.78, 5) is 25.3. The summed E-state index contributed by atoms with van der Waals surface area (Å²) in [5.74, 6) is 1.81. The molecule has 6 atom stereocenters. The minimum absolute atomic E-state index is 0.0851. The second-order valence-corrected chi connectivity index (χ2v) is 10.1. The van der Waals surface area contributed by atoms with Crippen LogP contribution in [0, 0.1) is 28.6 Å². The lowest BCUT2D eigenvalue weighted by molar-refractivity contribution is -0.128. The van der Waals surface area contributed by atoms with Gasteiger partial charge in [-0.25, -0.2) is 0 Å². The van der Waals surface area contributed by atoms with Gasteiger partial charge in [-0.05, 0) is 68.1 Å². The number of unbranched alkanes of at least 4 members (excludes halogenated alkanes) is 1. The molecule has 0 bridgehead atoms. The monoisotopic (exact) mass is 372 g/mol. The number of fused-ring (bicyclic) bond motifs is 5. The van der Waals surface area contributed by atoms with Gasteiger partial charge >= 0.3 is 0 Å². The van der Waals surface area contributed by atoms with Crippen LogP contribution in [0.5, 0.6) is 0 Å². The van der Waals surface area contributed by atoms with Crippen molar-refractivity contribution in [2.75, 3.05) is 6.54 Å². The van der Waals surface area contributed by atoms with E-state index in [0.717, 1.165) is 31.1 Å². The molecule has 0 unspecified atom stereocenters. The summed E-state index contributed by atoms with van der Waals surface area (Å²) < 4.78 is 0. The van der Waals surface area contributed by atoms with E-state index in [4.69, 9.17) is 0 Å². The van der Waals surface area contributed by atoms with Crippen LogP contribution in [0.15, 0.2) is 11.6 Å². The van der Waals surface area contributed by atoms with Gasteiger partial charge in [-0.3, -0.25) is 9.59 Å². The first-order valence-corrected chi connectivity index (χ1v) is 11.2. The Kier molecular flexibility index (Phi) is 4.88. The standard InChI is InChI=1S/C23H36N2O2/c1-4-5-13-24-20(26)16-14-23(3)18-10-12-22(2)11-6-7-17(22)15(18)8-9-19(23)25-21(16)27/h14-15,17-19H,4-13H2,1-3H3,(H,24,26)(H,25,27)/t15-,17-,18-,19+,22-,23+/m0/s1. The van der Waals surface area contributed by atoms with Crippen LogP contribution in [-0.2, 0) is 9.59 Å². The molecule has 3 fully saturated rings. The molecular formula is C23H36N2O2. The lowest BCUT2D eigenvalue weighted by Crippen LogP contribution is -2.60. The SMILES string of the molecule is CCCCNC(=O)C1=C[C@@]2(C)[C@@H](CC[C@H]3[C@@H]4CCC[C@@]4(C)CC[C@@H]32)NC1=O. The summed E-state index contributed by atoms with van der Waals surface area (Å²) in [6.07, 6.45) is 13.0. The number of amides is 2. The van der Waals surface area contributed by atoms with E-state index < -0.39 is 0 Å². The zero-order valence-electron chi connectivity index (χ0n) is 17.3. The van der Waals surface area contributed by atoms with Crippen molar-refractivity contribution >= 4 is 11.8 Å². The van der Waals surface area contributed by atoms with Gasteiger partial charge in [-0.2, -0.15) is 0 Å². The van der Waals surface area contributed by atoms with Gasteiger partial charge in [0.1, 0.15) is 5.57 Å². The summed E-state index contributed by atoms with van der Waals surface area (Å²) in [6.45, 7) is 7.57. The Balaban J connectivity index is 1.61. The third-order valence-electron chi connectivity index (χ3n) is 8.62. The van der Waals surface area contributed by atoms with Crippen LogP contribution >= 0.6 is 0 Å². The van der Waals surface area contributed by atoms with E-state index in [1.54, 1.807) is 0 Å². The van der Waals surface area contributed by atoms with Crippen molar-refractivity contribution in [3.8, 4) is 0 Å². The number of nitrogens with one attached hydrogen (secondary N) is 2. The lowest BCUT2D eigenvalue weighted by Gasteiger charge is -2.58. The van der Waals surface area contributed by atoms with Crippen molar-refractivity contribution in [3.63, 3.8) is 0 Å². The zero-order chi connectivity index (χ0) is 19.2. The Labute approximate surface area is 163 Å². The van der Waals surface area contributed by atoms with Gasteiger partial charge in [0.2, 0.25) is 0 Å². The smallest absolute Gasteiger partial charge is 0.256 e. The number of carbonyl (C=O) groups is 2. The van der Waals surface area contributed by atoms with Crippen LogP contribution in [0.3, 0.4) is 0 Å². The zero-order valence-corrected chi connectivity index (χ0v) is 17.3. The van der Waals surface area contributed by atoms with Crippen molar-refractivity contribution in [1.82, 2.24) is 10.6 Å². The molecule has 0 aromatic heterocycles. The Bertz CT molecular complexity index is 657. The van der Waals surface area contributed by atoms with Gasteiger partial charge < -0.3 is 10.6 Å².